The number of aryl methyl sites for hydroxylation is 1. The number of likely N-dealkylation sites (N-methyl/N-ethyl adjacent to an activating group) is 1. The third-order valence-electron chi connectivity index (χ3n) is 5.71. The Labute approximate surface area is 190 Å². The number of nitriles is 1. The number of nitrogens with zero attached hydrogens (tertiary/aromatic N) is 4. The number of carbonyl (C=O) groups excluding carboxylic acids is 2. The molecule has 1 N–H and O–H groups in total. The molecule has 168 valence electrons. The molecule has 0 spiro atoms. The van der Waals surface area contributed by atoms with Crippen molar-refractivity contribution in [2.24, 2.45) is 0 Å². The van der Waals surface area contributed by atoms with Gasteiger partial charge in [0.25, 0.3) is 0 Å². The molecule has 0 aromatic heterocycles. The van der Waals surface area contributed by atoms with Gasteiger partial charge in [0.05, 0.1) is 12.5 Å². The molecule has 1 heterocycles. The van der Waals surface area contributed by atoms with Gasteiger partial charge >= 0.3 is 0 Å². The van der Waals surface area contributed by atoms with Crippen molar-refractivity contribution in [2.45, 2.75) is 26.2 Å². The molecule has 2 aromatic carbocycles. The van der Waals surface area contributed by atoms with Crippen LogP contribution in [0.3, 0.4) is 0 Å². The summed E-state index contributed by atoms with van der Waals surface area (Å²) in [5.41, 5.74) is 3.79. The predicted octanol–water partition coefficient (Wildman–Crippen LogP) is 3.41. The van der Waals surface area contributed by atoms with E-state index in [9.17, 15) is 9.59 Å². The molecule has 1 fully saturated rings. The summed E-state index contributed by atoms with van der Waals surface area (Å²) in [6, 6.07) is 17.3. The molecular formula is C25H31N5O2. The van der Waals surface area contributed by atoms with E-state index >= 15 is 0 Å². The Morgan fingerprint density at radius 3 is 2.44 bits per heavy atom. The highest BCUT2D eigenvalue weighted by molar-refractivity contribution is 5.98. The van der Waals surface area contributed by atoms with Crippen molar-refractivity contribution in [3.8, 4) is 6.07 Å². The Bertz CT molecular complexity index is 962. The van der Waals surface area contributed by atoms with Crippen molar-refractivity contribution in [1.82, 2.24) is 4.90 Å². The number of rotatable bonds is 8. The first-order valence-corrected chi connectivity index (χ1v) is 11.0. The molecule has 0 unspecified atom stereocenters. The number of piperazine rings is 1. The van der Waals surface area contributed by atoms with Crippen LogP contribution < -0.4 is 15.1 Å². The van der Waals surface area contributed by atoms with Crippen LogP contribution in [0.5, 0.6) is 0 Å². The van der Waals surface area contributed by atoms with Crippen LogP contribution in [0.15, 0.2) is 48.5 Å². The Hall–Kier alpha value is -3.37. The lowest BCUT2D eigenvalue weighted by Crippen LogP contribution is -2.44. The highest BCUT2D eigenvalue weighted by Crippen LogP contribution is 2.25. The Morgan fingerprint density at radius 2 is 1.78 bits per heavy atom. The zero-order chi connectivity index (χ0) is 22.9. The first kappa shape index (κ1) is 23.3. The molecular weight excluding hydrogens is 402 g/mol. The van der Waals surface area contributed by atoms with E-state index in [2.05, 4.69) is 41.2 Å². The van der Waals surface area contributed by atoms with Gasteiger partial charge in [-0.3, -0.25) is 9.59 Å². The monoisotopic (exact) mass is 433 g/mol. The van der Waals surface area contributed by atoms with Crippen LogP contribution in [-0.4, -0.2) is 56.5 Å². The van der Waals surface area contributed by atoms with E-state index in [-0.39, 0.29) is 31.1 Å². The van der Waals surface area contributed by atoms with E-state index in [0.29, 0.717) is 6.54 Å². The lowest BCUT2D eigenvalue weighted by molar-refractivity contribution is -0.122. The highest BCUT2D eigenvalue weighted by atomic mass is 16.2. The fraction of sp³-hybridized carbons (Fsp3) is 0.400. The number of amides is 2. The van der Waals surface area contributed by atoms with Crippen LogP contribution in [0.2, 0.25) is 0 Å². The second kappa shape index (κ2) is 11.3. The van der Waals surface area contributed by atoms with Crippen molar-refractivity contribution in [1.29, 1.82) is 5.26 Å². The lowest BCUT2D eigenvalue weighted by atomic mass is 10.1. The molecule has 0 aliphatic carbocycles. The Morgan fingerprint density at radius 1 is 1.06 bits per heavy atom. The normalized spacial score (nSPS) is 14.0. The summed E-state index contributed by atoms with van der Waals surface area (Å²) in [7, 11) is 2.14. The molecule has 2 aromatic rings. The summed E-state index contributed by atoms with van der Waals surface area (Å²) in [6.07, 6.45) is 0.421. The smallest absolute Gasteiger partial charge is 0.227 e. The topological polar surface area (TPSA) is 79.7 Å². The predicted molar refractivity (Wildman–Crippen MR) is 128 cm³/mol. The van der Waals surface area contributed by atoms with Crippen LogP contribution in [0, 0.1) is 18.3 Å². The van der Waals surface area contributed by atoms with Crippen LogP contribution in [0.25, 0.3) is 0 Å². The van der Waals surface area contributed by atoms with Gasteiger partial charge in [-0.25, -0.2) is 0 Å². The molecule has 0 saturated carbocycles. The quantitative estimate of drug-likeness (QED) is 0.690. The summed E-state index contributed by atoms with van der Waals surface area (Å²) in [5.74, 6) is -0.360. The lowest BCUT2D eigenvalue weighted by Gasteiger charge is -2.35. The first-order chi connectivity index (χ1) is 15.5. The molecule has 7 nitrogen and oxygen atoms in total. The van der Waals surface area contributed by atoms with Gasteiger partial charge in [0.1, 0.15) is 0 Å². The van der Waals surface area contributed by atoms with Gasteiger partial charge in [0.15, 0.2) is 0 Å². The van der Waals surface area contributed by atoms with Gasteiger partial charge in [-0.15, -0.1) is 0 Å². The Kier molecular flexibility index (Phi) is 8.23. The third kappa shape index (κ3) is 6.32. The fourth-order valence-electron chi connectivity index (χ4n) is 3.88. The van der Waals surface area contributed by atoms with Crippen molar-refractivity contribution >= 4 is 28.9 Å². The molecule has 1 saturated heterocycles. The average molecular weight is 434 g/mol. The van der Waals surface area contributed by atoms with Crippen molar-refractivity contribution in [3.05, 3.63) is 54.1 Å². The van der Waals surface area contributed by atoms with E-state index in [1.54, 1.807) is 4.90 Å². The molecule has 3 rings (SSSR count). The van der Waals surface area contributed by atoms with E-state index in [4.69, 9.17) is 5.26 Å². The zero-order valence-corrected chi connectivity index (χ0v) is 18.9. The minimum atomic E-state index is -0.196. The summed E-state index contributed by atoms with van der Waals surface area (Å²) < 4.78 is 0. The molecule has 32 heavy (non-hydrogen) atoms. The third-order valence-corrected chi connectivity index (χ3v) is 5.71. The van der Waals surface area contributed by atoms with E-state index in [1.165, 1.54) is 5.69 Å². The zero-order valence-electron chi connectivity index (χ0n) is 18.9. The fourth-order valence-corrected chi connectivity index (χ4v) is 3.88. The van der Waals surface area contributed by atoms with Crippen molar-refractivity contribution in [3.63, 3.8) is 0 Å². The number of carbonyl (C=O) groups is 2. The number of anilines is 3. The second-order valence-corrected chi connectivity index (χ2v) is 8.13. The van der Waals surface area contributed by atoms with Crippen LogP contribution >= 0.6 is 0 Å². The van der Waals surface area contributed by atoms with Gasteiger partial charge in [0.2, 0.25) is 11.8 Å². The molecule has 0 bridgehead atoms. The van der Waals surface area contributed by atoms with Gasteiger partial charge in [-0.05, 0) is 49.9 Å². The SMILES string of the molecule is Cc1cc(NC(=O)CCC(=O)N(CCC#N)c2ccccc2)ccc1N1CCN(C)CC1. The summed E-state index contributed by atoms with van der Waals surface area (Å²) in [6.45, 7) is 6.44. The van der Waals surface area contributed by atoms with Gasteiger partial charge < -0.3 is 20.0 Å². The van der Waals surface area contributed by atoms with E-state index < -0.39 is 0 Å². The summed E-state index contributed by atoms with van der Waals surface area (Å²) in [4.78, 5) is 31.5. The van der Waals surface area contributed by atoms with Crippen LogP contribution in [0.1, 0.15) is 24.8 Å². The number of hydrogen-bond acceptors (Lipinski definition) is 5. The van der Waals surface area contributed by atoms with Crippen molar-refractivity contribution < 1.29 is 9.59 Å². The van der Waals surface area contributed by atoms with Crippen molar-refractivity contribution in [2.75, 3.05) is 54.9 Å². The molecule has 0 atom stereocenters. The summed E-state index contributed by atoms with van der Waals surface area (Å²) in [5, 5.41) is 11.8. The highest BCUT2D eigenvalue weighted by Gasteiger charge is 2.18. The second-order valence-electron chi connectivity index (χ2n) is 8.13. The first-order valence-electron chi connectivity index (χ1n) is 11.0. The minimum Gasteiger partial charge on any atom is -0.369 e. The molecule has 1 aliphatic heterocycles. The molecule has 7 heteroatoms. The molecule has 0 radical (unpaired) electrons. The number of para-hydroxylation sites is 1. The Balaban J connectivity index is 1.55. The van der Waals surface area contributed by atoms with Gasteiger partial charge in [0, 0.05) is 62.6 Å². The number of hydrogen-bond donors (Lipinski definition) is 1. The average Bonchev–Trinajstić information content (AvgIpc) is 2.79. The van der Waals surface area contributed by atoms with Gasteiger partial charge in [-0.1, -0.05) is 18.2 Å². The van der Waals surface area contributed by atoms with Crippen LogP contribution in [-0.2, 0) is 9.59 Å². The van der Waals surface area contributed by atoms with E-state index in [1.807, 2.05) is 42.5 Å². The standard InChI is InChI=1S/C25H31N5O2/c1-20-19-21(9-10-23(20)29-17-15-28(2)16-18-29)27-24(31)11-12-25(32)30(14-6-13-26)22-7-4-3-5-8-22/h3-5,7-10,19H,6,11-12,14-18H2,1-2H3,(H,27,31). The maximum Gasteiger partial charge on any atom is 0.227 e. The largest absolute Gasteiger partial charge is 0.369 e. The molecule has 1 aliphatic rings. The maximum absolute atomic E-state index is 12.7. The van der Waals surface area contributed by atoms with Crippen LogP contribution in [0.4, 0.5) is 17.1 Å². The molecule has 2 amide bonds. The minimum absolute atomic E-state index is 0.0878. The maximum atomic E-state index is 12.7. The van der Waals surface area contributed by atoms with E-state index in [0.717, 1.165) is 43.1 Å². The summed E-state index contributed by atoms with van der Waals surface area (Å²) >= 11 is 0. The number of nitrogens with one attached hydrogen (secondary N) is 1. The van der Waals surface area contributed by atoms with Gasteiger partial charge in [-0.2, -0.15) is 5.26 Å². The number of benzene rings is 2.